The zero-order valence-corrected chi connectivity index (χ0v) is 13.4. The van der Waals surface area contributed by atoms with Crippen molar-refractivity contribution in [2.75, 3.05) is 16.8 Å². The molecule has 0 amide bonds. The number of hydrogen-bond donors (Lipinski definition) is 1. The normalized spacial score (nSPS) is 16.6. The van der Waals surface area contributed by atoms with Crippen LogP contribution in [-0.4, -0.2) is 22.6 Å². The van der Waals surface area contributed by atoms with E-state index in [4.69, 9.17) is 0 Å². The highest BCUT2D eigenvalue weighted by Crippen LogP contribution is 2.37. The van der Waals surface area contributed by atoms with Gasteiger partial charge in [-0.25, -0.2) is 9.97 Å². The molecular weight excluding hydrogens is 272 g/mol. The van der Waals surface area contributed by atoms with Gasteiger partial charge in [0.1, 0.15) is 18.0 Å². The molecule has 4 nitrogen and oxygen atoms in total. The van der Waals surface area contributed by atoms with Gasteiger partial charge in [0.2, 0.25) is 0 Å². The lowest BCUT2D eigenvalue weighted by molar-refractivity contribution is 0.739. The summed E-state index contributed by atoms with van der Waals surface area (Å²) in [5.41, 5.74) is 2.66. The third-order valence-corrected chi connectivity index (χ3v) is 4.19. The predicted octanol–water partition coefficient (Wildman–Crippen LogP) is 4.16. The molecule has 116 valence electrons. The standard InChI is InChI=1S/C18H24N4/c1-3-4-7-10-19-17-12-18(21-13-20-17)22-14(2)11-15-8-5-6-9-16(15)22/h5-6,8-9,12-14H,3-4,7,10-11H2,1-2H3,(H,19,20,21). The molecule has 1 unspecified atom stereocenters. The van der Waals surface area contributed by atoms with Gasteiger partial charge < -0.3 is 10.2 Å². The number of nitrogens with zero attached hydrogens (tertiary/aromatic N) is 3. The minimum absolute atomic E-state index is 0.431. The Morgan fingerprint density at radius 3 is 2.95 bits per heavy atom. The number of anilines is 3. The van der Waals surface area contributed by atoms with Crippen molar-refractivity contribution < 1.29 is 0 Å². The average Bonchev–Trinajstić information content (AvgIpc) is 2.87. The van der Waals surface area contributed by atoms with E-state index in [1.807, 2.05) is 0 Å². The van der Waals surface area contributed by atoms with Gasteiger partial charge in [-0.1, -0.05) is 38.0 Å². The molecule has 1 aliphatic rings. The van der Waals surface area contributed by atoms with Gasteiger partial charge in [-0.15, -0.1) is 0 Å². The highest BCUT2D eigenvalue weighted by Gasteiger charge is 2.27. The molecule has 1 aliphatic heterocycles. The van der Waals surface area contributed by atoms with Crippen LogP contribution in [0.3, 0.4) is 0 Å². The third-order valence-electron chi connectivity index (χ3n) is 4.19. The molecular formula is C18H24N4. The topological polar surface area (TPSA) is 41.0 Å². The first-order valence-corrected chi connectivity index (χ1v) is 8.22. The molecule has 1 aromatic carbocycles. The zero-order chi connectivity index (χ0) is 15.4. The Morgan fingerprint density at radius 1 is 1.23 bits per heavy atom. The van der Waals surface area contributed by atoms with Crippen LogP contribution < -0.4 is 10.2 Å². The van der Waals surface area contributed by atoms with E-state index < -0.39 is 0 Å². The first-order valence-electron chi connectivity index (χ1n) is 8.22. The summed E-state index contributed by atoms with van der Waals surface area (Å²) in [5.74, 6) is 1.89. The van der Waals surface area contributed by atoms with Crippen LogP contribution in [0, 0.1) is 0 Å². The van der Waals surface area contributed by atoms with Crippen molar-refractivity contribution in [1.29, 1.82) is 0 Å². The largest absolute Gasteiger partial charge is 0.370 e. The summed E-state index contributed by atoms with van der Waals surface area (Å²) in [7, 11) is 0. The number of aromatic nitrogens is 2. The highest BCUT2D eigenvalue weighted by atomic mass is 15.2. The Balaban J connectivity index is 1.77. The second kappa shape index (κ2) is 6.77. The van der Waals surface area contributed by atoms with Crippen LogP contribution in [0.15, 0.2) is 36.7 Å². The van der Waals surface area contributed by atoms with E-state index in [1.54, 1.807) is 6.33 Å². The van der Waals surface area contributed by atoms with E-state index in [0.29, 0.717) is 6.04 Å². The summed E-state index contributed by atoms with van der Waals surface area (Å²) < 4.78 is 0. The lowest BCUT2D eigenvalue weighted by Gasteiger charge is -2.24. The Kier molecular flexibility index (Phi) is 4.56. The Bertz CT molecular complexity index is 626. The summed E-state index contributed by atoms with van der Waals surface area (Å²) in [6.07, 6.45) is 6.39. The second-order valence-electron chi connectivity index (χ2n) is 5.95. The number of para-hydroxylation sites is 1. The molecule has 0 saturated heterocycles. The molecule has 1 aromatic heterocycles. The number of hydrogen-bond acceptors (Lipinski definition) is 4. The molecule has 0 fully saturated rings. The van der Waals surface area contributed by atoms with Crippen LogP contribution >= 0.6 is 0 Å². The Labute approximate surface area is 132 Å². The van der Waals surface area contributed by atoms with E-state index in [0.717, 1.165) is 24.6 Å². The van der Waals surface area contributed by atoms with E-state index in [2.05, 4.69) is 64.4 Å². The number of unbranched alkanes of at least 4 members (excludes halogenated alkanes) is 2. The average molecular weight is 296 g/mol. The molecule has 0 saturated carbocycles. The lowest BCUT2D eigenvalue weighted by Crippen LogP contribution is -2.25. The fourth-order valence-corrected chi connectivity index (χ4v) is 3.08. The first-order chi connectivity index (χ1) is 10.8. The SMILES string of the molecule is CCCCCNc1cc(N2c3ccccc3CC2C)ncn1. The van der Waals surface area contributed by atoms with Gasteiger partial charge in [0.25, 0.3) is 0 Å². The van der Waals surface area contributed by atoms with Gasteiger partial charge in [-0.3, -0.25) is 0 Å². The summed E-state index contributed by atoms with van der Waals surface area (Å²) in [6, 6.07) is 11.1. The molecule has 2 heterocycles. The number of benzene rings is 1. The van der Waals surface area contributed by atoms with Crippen LogP contribution in [0.5, 0.6) is 0 Å². The van der Waals surface area contributed by atoms with Crippen molar-refractivity contribution in [1.82, 2.24) is 9.97 Å². The zero-order valence-electron chi connectivity index (χ0n) is 13.4. The van der Waals surface area contributed by atoms with Crippen molar-refractivity contribution in [2.45, 2.75) is 45.6 Å². The molecule has 22 heavy (non-hydrogen) atoms. The van der Waals surface area contributed by atoms with E-state index in [-0.39, 0.29) is 0 Å². The van der Waals surface area contributed by atoms with Crippen LogP contribution in [0.4, 0.5) is 17.3 Å². The predicted molar refractivity (Wildman–Crippen MR) is 91.8 cm³/mol. The van der Waals surface area contributed by atoms with Crippen LogP contribution in [-0.2, 0) is 6.42 Å². The van der Waals surface area contributed by atoms with Crippen molar-refractivity contribution in [3.05, 3.63) is 42.2 Å². The number of fused-ring (bicyclic) bond motifs is 1. The van der Waals surface area contributed by atoms with E-state index in [1.165, 1.54) is 30.5 Å². The van der Waals surface area contributed by atoms with E-state index in [9.17, 15) is 0 Å². The summed E-state index contributed by atoms with van der Waals surface area (Å²) in [6.45, 7) is 5.43. The fourth-order valence-electron chi connectivity index (χ4n) is 3.08. The Hall–Kier alpha value is -2.10. The molecule has 3 rings (SSSR count). The second-order valence-corrected chi connectivity index (χ2v) is 5.95. The number of nitrogens with one attached hydrogen (secondary N) is 1. The van der Waals surface area contributed by atoms with Gasteiger partial charge >= 0.3 is 0 Å². The van der Waals surface area contributed by atoms with Crippen molar-refractivity contribution in [3.63, 3.8) is 0 Å². The molecule has 0 aliphatic carbocycles. The van der Waals surface area contributed by atoms with Gasteiger partial charge in [0.05, 0.1) is 0 Å². The molecule has 0 spiro atoms. The van der Waals surface area contributed by atoms with E-state index >= 15 is 0 Å². The highest BCUT2D eigenvalue weighted by molar-refractivity contribution is 5.69. The lowest BCUT2D eigenvalue weighted by atomic mass is 10.1. The van der Waals surface area contributed by atoms with Crippen LogP contribution in [0.1, 0.15) is 38.7 Å². The third kappa shape index (κ3) is 3.06. The van der Waals surface area contributed by atoms with Crippen molar-refractivity contribution >= 4 is 17.3 Å². The molecule has 1 N–H and O–H groups in total. The fraction of sp³-hybridized carbons (Fsp3) is 0.444. The van der Waals surface area contributed by atoms with Gasteiger partial charge in [-0.2, -0.15) is 0 Å². The van der Waals surface area contributed by atoms with Gasteiger partial charge in [0, 0.05) is 24.3 Å². The minimum atomic E-state index is 0.431. The first kappa shape index (κ1) is 14.8. The molecule has 4 heteroatoms. The smallest absolute Gasteiger partial charge is 0.138 e. The van der Waals surface area contributed by atoms with Crippen LogP contribution in [0.2, 0.25) is 0 Å². The van der Waals surface area contributed by atoms with Gasteiger partial charge in [0.15, 0.2) is 0 Å². The summed E-state index contributed by atoms with van der Waals surface area (Å²) in [4.78, 5) is 11.1. The van der Waals surface area contributed by atoms with Crippen molar-refractivity contribution in [3.8, 4) is 0 Å². The molecule has 2 aromatic rings. The maximum atomic E-state index is 4.49. The summed E-state index contributed by atoms with van der Waals surface area (Å²) >= 11 is 0. The molecule has 0 bridgehead atoms. The molecule has 0 radical (unpaired) electrons. The maximum Gasteiger partial charge on any atom is 0.138 e. The monoisotopic (exact) mass is 296 g/mol. The molecule has 1 atom stereocenters. The van der Waals surface area contributed by atoms with Crippen molar-refractivity contribution in [2.24, 2.45) is 0 Å². The van der Waals surface area contributed by atoms with Gasteiger partial charge in [-0.05, 0) is 31.4 Å². The summed E-state index contributed by atoms with van der Waals surface area (Å²) in [5, 5.41) is 3.40. The minimum Gasteiger partial charge on any atom is -0.370 e. The maximum absolute atomic E-state index is 4.49. The number of rotatable bonds is 6. The quantitative estimate of drug-likeness (QED) is 0.813. The Morgan fingerprint density at radius 2 is 2.09 bits per heavy atom. The van der Waals surface area contributed by atoms with Crippen LogP contribution in [0.25, 0.3) is 0 Å².